The number of nitrogens with zero attached hydrogens (tertiary/aromatic N) is 1. The first-order valence-electron chi connectivity index (χ1n) is 8.05. The number of morpholine rings is 1. The first kappa shape index (κ1) is 17.4. The molecule has 2 aromatic rings. The first-order chi connectivity index (χ1) is 11.6. The zero-order valence-corrected chi connectivity index (χ0v) is 15.2. The Kier molecular flexibility index (Phi) is 5.89. The van der Waals surface area contributed by atoms with E-state index >= 15 is 0 Å². The van der Waals surface area contributed by atoms with Crippen molar-refractivity contribution in [1.82, 2.24) is 10.2 Å². The van der Waals surface area contributed by atoms with Gasteiger partial charge in [0.05, 0.1) is 28.5 Å². The average Bonchev–Trinajstić information content (AvgIpc) is 3.02. The van der Waals surface area contributed by atoms with Gasteiger partial charge < -0.3 is 10.1 Å². The lowest BCUT2D eigenvalue weighted by molar-refractivity contribution is 0.0332. The number of benzene rings is 1. The molecule has 1 aliphatic heterocycles. The normalized spacial score (nSPS) is 16.8. The molecule has 1 fully saturated rings. The standard InChI is InChI=1S/C18H21ClN2O2S/c1-13-2-4-14(5-3-13)15(12-21-8-10-23-11-9-21)20-18(22)16-6-7-17(19)24-16/h2-7,15H,8-12H2,1H3,(H,20,22)/t15-/m0/s1. The molecule has 0 saturated carbocycles. The lowest BCUT2D eigenvalue weighted by Crippen LogP contribution is -2.43. The molecule has 3 rings (SSSR count). The van der Waals surface area contributed by atoms with Crippen molar-refractivity contribution >= 4 is 28.8 Å². The van der Waals surface area contributed by atoms with Crippen molar-refractivity contribution in [2.24, 2.45) is 0 Å². The Bertz CT molecular complexity index is 681. The number of hydrogen-bond acceptors (Lipinski definition) is 4. The van der Waals surface area contributed by atoms with Crippen LogP contribution in [0.25, 0.3) is 0 Å². The van der Waals surface area contributed by atoms with Crippen LogP contribution in [0.1, 0.15) is 26.8 Å². The van der Waals surface area contributed by atoms with Gasteiger partial charge in [0.2, 0.25) is 0 Å². The molecule has 24 heavy (non-hydrogen) atoms. The molecular formula is C18H21ClN2O2S. The van der Waals surface area contributed by atoms with E-state index in [9.17, 15) is 4.79 Å². The van der Waals surface area contributed by atoms with Gasteiger partial charge in [0.15, 0.2) is 0 Å². The van der Waals surface area contributed by atoms with Gasteiger partial charge >= 0.3 is 0 Å². The van der Waals surface area contributed by atoms with Crippen molar-refractivity contribution < 1.29 is 9.53 Å². The molecule has 1 aliphatic rings. The molecule has 0 spiro atoms. The molecular weight excluding hydrogens is 344 g/mol. The largest absolute Gasteiger partial charge is 0.379 e. The summed E-state index contributed by atoms with van der Waals surface area (Å²) in [6.45, 7) is 6.11. The molecule has 0 bridgehead atoms. The lowest BCUT2D eigenvalue weighted by atomic mass is 10.0. The van der Waals surface area contributed by atoms with Crippen LogP contribution < -0.4 is 5.32 Å². The molecule has 128 valence electrons. The van der Waals surface area contributed by atoms with Crippen molar-refractivity contribution in [2.75, 3.05) is 32.8 Å². The monoisotopic (exact) mass is 364 g/mol. The highest BCUT2D eigenvalue weighted by molar-refractivity contribution is 7.17. The van der Waals surface area contributed by atoms with Crippen molar-refractivity contribution in [3.05, 3.63) is 56.7 Å². The number of rotatable bonds is 5. The van der Waals surface area contributed by atoms with Crippen LogP contribution in [-0.4, -0.2) is 43.7 Å². The van der Waals surface area contributed by atoms with Gasteiger partial charge in [0.1, 0.15) is 0 Å². The maximum atomic E-state index is 12.5. The number of thiophene rings is 1. The smallest absolute Gasteiger partial charge is 0.261 e. The molecule has 1 aromatic carbocycles. The minimum Gasteiger partial charge on any atom is -0.379 e. The van der Waals surface area contributed by atoms with E-state index in [1.807, 2.05) is 0 Å². The topological polar surface area (TPSA) is 41.6 Å². The number of amides is 1. The molecule has 1 amide bonds. The third-order valence-corrected chi connectivity index (χ3v) is 5.36. The minimum atomic E-state index is -0.0780. The zero-order chi connectivity index (χ0) is 16.9. The molecule has 1 N–H and O–H groups in total. The van der Waals surface area contributed by atoms with Crippen molar-refractivity contribution in [3.63, 3.8) is 0 Å². The van der Waals surface area contributed by atoms with Gasteiger partial charge in [-0.3, -0.25) is 9.69 Å². The van der Waals surface area contributed by atoms with Gasteiger partial charge in [-0.25, -0.2) is 0 Å². The summed E-state index contributed by atoms with van der Waals surface area (Å²) in [5.41, 5.74) is 2.32. The Morgan fingerprint density at radius 1 is 1.25 bits per heavy atom. The van der Waals surface area contributed by atoms with Crippen LogP contribution in [0.15, 0.2) is 36.4 Å². The van der Waals surface area contributed by atoms with Crippen LogP contribution in [0.5, 0.6) is 0 Å². The molecule has 4 nitrogen and oxygen atoms in total. The molecule has 6 heteroatoms. The predicted octanol–water partition coefficient (Wildman–Crippen LogP) is 3.51. The van der Waals surface area contributed by atoms with E-state index in [2.05, 4.69) is 41.4 Å². The maximum Gasteiger partial charge on any atom is 0.261 e. The predicted molar refractivity (Wildman–Crippen MR) is 98.0 cm³/mol. The highest BCUT2D eigenvalue weighted by Crippen LogP contribution is 2.23. The number of aryl methyl sites for hydroxylation is 1. The van der Waals surface area contributed by atoms with Crippen LogP contribution in [0.2, 0.25) is 4.34 Å². The van der Waals surface area contributed by atoms with E-state index in [-0.39, 0.29) is 11.9 Å². The van der Waals surface area contributed by atoms with E-state index in [0.29, 0.717) is 9.21 Å². The van der Waals surface area contributed by atoms with Crippen LogP contribution in [0, 0.1) is 6.92 Å². The molecule has 2 heterocycles. The fourth-order valence-corrected chi connectivity index (χ4v) is 3.69. The third-order valence-electron chi connectivity index (χ3n) is 4.13. The fraction of sp³-hybridized carbons (Fsp3) is 0.389. The van der Waals surface area contributed by atoms with E-state index in [4.69, 9.17) is 16.3 Å². The minimum absolute atomic E-state index is 0.0583. The van der Waals surface area contributed by atoms with Crippen molar-refractivity contribution in [1.29, 1.82) is 0 Å². The van der Waals surface area contributed by atoms with Crippen LogP contribution >= 0.6 is 22.9 Å². The Morgan fingerprint density at radius 3 is 2.58 bits per heavy atom. The molecule has 0 aliphatic carbocycles. The van der Waals surface area contributed by atoms with E-state index in [1.165, 1.54) is 16.9 Å². The second kappa shape index (κ2) is 8.12. The SMILES string of the molecule is Cc1ccc([C@H](CN2CCOCC2)NC(=O)c2ccc(Cl)s2)cc1. The summed E-state index contributed by atoms with van der Waals surface area (Å²) < 4.78 is 6.04. The van der Waals surface area contributed by atoms with E-state index < -0.39 is 0 Å². The molecule has 0 radical (unpaired) electrons. The molecule has 1 saturated heterocycles. The average molecular weight is 365 g/mol. The Balaban J connectivity index is 1.75. The number of carbonyl (C=O) groups excluding carboxylic acids is 1. The van der Waals surface area contributed by atoms with Gasteiger partial charge in [0.25, 0.3) is 5.91 Å². The summed E-state index contributed by atoms with van der Waals surface area (Å²) in [4.78, 5) is 15.5. The summed E-state index contributed by atoms with van der Waals surface area (Å²) in [6.07, 6.45) is 0. The molecule has 1 aromatic heterocycles. The van der Waals surface area contributed by atoms with Crippen LogP contribution in [0.4, 0.5) is 0 Å². The van der Waals surface area contributed by atoms with Crippen LogP contribution in [-0.2, 0) is 4.74 Å². The van der Waals surface area contributed by atoms with Gasteiger partial charge in [-0.15, -0.1) is 11.3 Å². The first-order valence-corrected chi connectivity index (χ1v) is 9.24. The van der Waals surface area contributed by atoms with Crippen molar-refractivity contribution in [3.8, 4) is 0 Å². The number of ether oxygens (including phenoxy) is 1. The van der Waals surface area contributed by atoms with Gasteiger partial charge in [-0.05, 0) is 24.6 Å². The zero-order valence-electron chi connectivity index (χ0n) is 13.6. The number of nitrogens with one attached hydrogen (secondary N) is 1. The highest BCUT2D eigenvalue weighted by Gasteiger charge is 2.21. The van der Waals surface area contributed by atoms with E-state index in [0.717, 1.165) is 38.4 Å². The van der Waals surface area contributed by atoms with Gasteiger partial charge in [-0.1, -0.05) is 41.4 Å². The summed E-state index contributed by atoms with van der Waals surface area (Å²) >= 11 is 7.25. The summed E-state index contributed by atoms with van der Waals surface area (Å²) in [6, 6.07) is 11.8. The number of halogens is 1. The quantitative estimate of drug-likeness (QED) is 0.882. The summed E-state index contributed by atoms with van der Waals surface area (Å²) in [5, 5.41) is 3.16. The van der Waals surface area contributed by atoms with Gasteiger partial charge in [-0.2, -0.15) is 0 Å². The van der Waals surface area contributed by atoms with Crippen LogP contribution in [0.3, 0.4) is 0 Å². The number of carbonyl (C=O) groups is 1. The Morgan fingerprint density at radius 2 is 1.96 bits per heavy atom. The summed E-state index contributed by atoms with van der Waals surface area (Å²) in [5.74, 6) is -0.0780. The Hall–Kier alpha value is -1.40. The molecule has 1 atom stereocenters. The second-order valence-corrected chi connectivity index (χ2v) is 7.67. The number of hydrogen-bond donors (Lipinski definition) is 1. The highest BCUT2D eigenvalue weighted by atomic mass is 35.5. The second-order valence-electron chi connectivity index (χ2n) is 5.95. The Labute approximate surface area is 151 Å². The van der Waals surface area contributed by atoms with E-state index in [1.54, 1.807) is 12.1 Å². The van der Waals surface area contributed by atoms with Gasteiger partial charge in [0, 0.05) is 19.6 Å². The van der Waals surface area contributed by atoms with Crippen molar-refractivity contribution in [2.45, 2.75) is 13.0 Å². The maximum absolute atomic E-state index is 12.5. The third kappa shape index (κ3) is 4.57. The fourth-order valence-electron chi connectivity index (χ4n) is 2.74. The lowest BCUT2D eigenvalue weighted by Gasteiger charge is -2.31. The molecule has 0 unspecified atom stereocenters. The summed E-state index contributed by atoms with van der Waals surface area (Å²) in [7, 11) is 0.